The summed E-state index contributed by atoms with van der Waals surface area (Å²) >= 11 is 0.666. The van der Waals surface area contributed by atoms with Gasteiger partial charge in [-0.15, -0.1) is 0 Å². The minimum absolute atomic E-state index is 0.0182. The third kappa shape index (κ3) is 6.77. The predicted octanol–water partition coefficient (Wildman–Crippen LogP) is 1.75. The SMILES string of the molecule is CCOCCNS(=O)(=O)c1ccc(C(=NO[C@@H]2CCOC2)C(=O)Nc2ncc(F)s2)cc1. The highest BCUT2D eigenvalue weighted by atomic mass is 32.2. The molecule has 174 valence electrons. The summed E-state index contributed by atoms with van der Waals surface area (Å²) in [6, 6.07) is 5.57. The second kappa shape index (κ2) is 11.4. The van der Waals surface area contributed by atoms with Crippen LogP contribution in [0.15, 0.2) is 40.5 Å². The molecule has 32 heavy (non-hydrogen) atoms. The van der Waals surface area contributed by atoms with E-state index in [-0.39, 0.29) is 35.0 Å². The lowest BCUT2D eigenvalue weighted by molar-refractivity contribution is -0.110. The van der Waals surface area contributed by atoms with Gasteiger partial charge in [-0.2, -0.15) is 4.39 Å². The van der Waals surface area contributed by atoms with Crippen molar-refractivity contribution in [2.45, 2.75) is 24.3 Å². The van der Waals surface area contributed by atoms with Gasteiger partial charge in [0.25, 0.3) is 5.91 Å². The van der Waals surface area contributed by atoms with E-state index in [4.69, 9.17) is 14.3 Å². The third-order valence-corrected chi connectivity index (χ3v) is 6.45. The largest absolute Gasteiger partial charge is 0.389 e. The van der Waals surface area contributed by atoms with Gasteiger partial charge in [-0.3, -0.25) is 10.1 Å². The molecule has 13 heteroatoms. The van der Waals surface area contributed by atoms with Gasteiger partial charge >= 0.3 is 0 Å². The number of nitrogens with zero attached hydrogens (tertiary/aromatic N) is 2. The summed E-state index contributed by atoms with van der Waals surface area (Å²) in [7, 11) is -3.74. The highest BCUT2D eigenvalue weighted by Gasteiger charge is 2.22. The van der Waals surface area contributed by atoms with Crippen molar-refractivity contribution in [3.63, 3.8) is 0 Å². The number of anilines is 1. The number of thiazole rings is 1. The molecule has 10 nitrogen and oxygen atoms in total. The molecule has 0 aliphatic carbocycles. The molecule has 1 saturated heterocycles. The number of nitrogens with one attached hydrogen (secondary N) is 2. The van der Waals surface area contributed by atoms with Crippen LogP contribution in [0.1, 0.15) is 18.9 Å². The fraction of sp³-hybridized carbons (Fsp3) is 0.421. The molecule has 0 bridgehead atoms. The number of carbonyl (C=O) groups is 1. The lowest BCUT2D eigenvalue weighted by Gasteiger charge is -2.11. The van der Waals surface area contributed by atoms with Crippen molar-refractivity contribution in [1.29, 1.82) is 0 Å². The fourth-order valence-corrected chi connectivity index (χ4v) is 4.24. The Morgan fingerprint density at radius 2 is 2.16 bits per heavy atom. The maximum atomic E-state index is 13.2. The van der Waals surface area contributed by atoms with Gasteiger partial charge in [0.2, 0.25) is 10.0 Å². The van der Waals surface area contributed by atoms with Gasteiger partial charge in [0.15, 0.2) is 22.1 Å². The molecule has 1 atom stereocenters. The molecule has 0 spiro atoms. The molecule has 1 aromatic heterocycles. The van der Waals surface area contributed by atoms with Gasteiger partial charge in [0, 0.05) is 25.1 Å². The molecule has 2 heterocycles. The van der Waals surface area contributed by atoms with E-state index in [0.717, 1.165) is 6.20 Å². The highest BCUT2D eigenvalue weighted by Crippen LogP contribution is 2.18. The summed E-state index contributed by atoms with van der Waals surface area (Å²) in [5.74, 6) is -0.677. The van der Waals surface area contributed by atoms with E-state index in [0.29, 0.717) is 43.1 Å². The maximum absolute atomic E-state index is 13.2. The van der Waals surface area contributed by atoms with Gasteiger partial charge in [-0.1, -0.05) is 28.6 Å². The van der Waals surface area contributed by atoms with E-state index in [9.17, 15) is 17.6 Å². The molecule has 2 aromatic rings. The topological polar surface area (TPSA) is 128 Å². The van der Waals surface area contributed by atoms with Crippen LogP contribution in [0.4, 0.5) is 9.52 Å². The molecule has 1 aliphatic rings. The molecule has 1 amide bonds. The second-order valence-electron chi connectivity index (χ2n) is 6.57. The van der Waals surface area contributed by atoms with Gasteiger partial charge in [-0.05, 0) is 19.1 Å². The minimum Gasteiger partial charge on any atom is -0.389 e. The Kier molecular flexibility index (Phi) is 8.64. The first-order chi connectivity index (χ1) is 15.4. The summed E-state index contributed by atoms with van der Waals surface area (Å²) in [5.41, 5.74) is 0.201. The van der Waals surface area contributed by atoms with E-state index >= 15 is 0 Å². The van der Waals surface area contributed by atoms with Crippen LogP contribution in [-0.4, -0.2) is 64.1 Å². The van der Waals surface area contributed by atoms with Crippen molar-refractivity contribution >= 4 is 38.1 Å². The van der Waals surface area contributed by atoms with Crippen molar-refractivity contribution < 1.29 is 31.9 Å². The van der Waals surface area contributed by atoms with Crippen molar-refractivity contribution in [2.24, 2.45) is 5.16 Å². The average molecular weight is 487 g/mol. The van der Waals surface area contributed by atoms with Gasteiger partial charge in [-0.25, -0.2) is 18.1 Å². The van der Waals surface area contributed by atoms with E-state index in [1.807, 2.05) is 6.92 Å². The number of hydrogen-bond donors (Lipinski definition) is 2. The number of carbonyl (C=O) groups excluding carboxylic acids is 1. The van der Waals surface area contributed by atoms with E-state index < -0.39 is 21.1 Å². The second-order valence-corrected chi connectivity index (χ2v) is 9.32. The first-order valence-electron chi connectivity index (χ1n) is 9.81. The van der Waals surface area contributed by atoms with Crippen LogP contribution >= 0.6 is 11.3 Å². The van der Waals surface area contributed by atoms with Crippen molar-refractivity contribution in [3.05, 3.63) is 41.2 Å². The lowest BCUT2D eigenvalue weighted by Crippen LogP contribution is -2.28. The summed E-state index contributed by atoms with van der Waals surface area (Å²) in [6.07, 6.45) is 1.31. The van der Waals surface area contributed by atoms with E-state index in [1.165, 1.54) is 24.3 Å². The van der Waals surface area contributed by atoms with Gasteiger partial charge in [0.1, 0.15) is 0 Å². The third-order valence-electron chi connectivity index (χ3n) is 4.27. The number of aromatic nitrogens is 1. The molecule has 0 unspecified atom stereocenters. The molecule has 0 saturated carbocycles. The average Bonchev–Trinajstić information content (AvgIpc) is 3.43. The zero-order chi connectivity index (χ0) is 23.0. The highest BCUT2D eigenvalue weighted by molar-refractivity contribution is 7.89. The number of benzene rings is 1. The number of halogens is 1. The minimum atomic E-state index is -3.74. The molecule has 0 radical (unpaired) electrons. The van der Waals surface area contributed by atoms with Crippen LogP contribution in [0, 0.1) is 5.13 Å². The number of ether oxygens (including phenoxy) is 2. The fourth-order valence-electron chi connectivity index (χ4n) is 2.68. The van der Waals surface area contributed by atoms with Crippen LogP contribution in [-0.2, 0) is 29.1 Å². The quantitative estimate of drug-likeness (QED) is 0.281. The van der Waals surface area contributed by atoms with Gasteiger partial charge in [0.05, 0.1) is 30.9 Å². The number of oxime groups is 1. The number of sulfonamides is 1. The first-order valence-corrected chi connectivity index (χ1v) is 12.1. The molecular weight excluding hydrogens is 463 g/mol. The van der Waals surface area contributed by atoms with Crippen molar-refractivity contribution in [2.75, 3.05) is 38.3 Å². The Labute approximate surface area is 188 Å². The zero-order valence-electron chi connectivity index (χ0n) is 17.2. The Hall–Kier alpha value is -2.45. The monoisotopic (exact) mass is 486 g/mol. The Morgan fingerprint density at radius 1 is 1.38 bits per heavy atom. The Morgan fingerprint density at radius 3 is 2.78 bits per heavy atom. The Bertz CT molecular complexity index is 1040. The molecule has 2 N–H and O–H groups in total. The lowest BCUT2D eigenvalue weighted by atomic mass is 10.1. The van der Waals surface area contributed by atoms with Crippen LogP contribution < -0.4 is 10.0 Å². The summed E-state index contributed by atoms with van der Waals surface area (Å²) in [4.78, 5) is 22.0. The normalized spacial score (nSPS) is 16.8. The number of rotatable bonds is 11. The predicted molar refractivity (Wildman–Crippen MR) is 116 cm³/mol. The molecule has 1 fully saturated rings. The molecule has 3 rings (SSSR count). The molecular formula is C19H23FN4O6S2. The summed E-state index contributed by atoms with van der Waals surface area (Å²) in [6.45, 7) is 3.57. The molecule has 1 aromatic carbocycles. The number of amides is 1. The van der Waals surface area contributed by atoms with Crippen LogP contribution in [0.2, 0.25) is 0 Å². The maximum Gasteiger partial charge on any atom is 0.280 e. The smallest absolute Gasteiger partial charge is 0.280 e. The van der Waals surface area contributed by atoms with E-state index in [2.05, 4.69) is 20.2 Å². The van der Waals surface area contributed by atoms with Gasteiger partial charge < -0.3 is 14.3 Å². The Balaban J connectivity index is 1.77. The van der Waals surface area contributed by atoms with Crippen molar-refractivity contribution in [3.8, 4) is 0 Å². The van der Waals surface area contributed by atoms with Crippen LogP contribution in [0.25, 0.3) is 0 Å². The molecule has 1 aliphatic heterocycles. The standard InChI is InChI=1S/C19H23FN4O6S2/c1-2-28-10-8-22-32(26,27)15-5-3-13(4-6-15)17(24-30-14-7-9-29-12-14)18(25)23-19-21-11-16(20)31-19/h3-6,11,14,22H,2,7-10,12H2,1H3,(H,21,23,25)/t14-/m1/s1. The first kappa shape index (κ1) is 24.2. The van der Waals surface area contributed by atoms with Crippen LogP contribution in [0.3, 0.4) is 0 Å². The summed E-state index contributed by atoms with van der Waals surface area (Å²) in [5, 5.41) is 5.94. The van der Waals surface area contributed by atoms with Crippen molar-refractivity contribution in [1.82, 2.24) is 9.71 Å². The zero-order valence-corrected chi connectivity index (χ0v) is 18.9. The number of hydrogen-bond acceptors (Lipinski definition) is 9. The summed E-state index contributed by atoms with van der Waals surface area (Å²) < 4.78 is 50.8. The van der Waals surface area contributed by atoms with E-state index in [1.54, 1.807) is 0 Å². The van der Waals surface area contributed by atoms with Crippen LogP contribution in [0.5, 0.6) is 0 Å².